The van der Waals surface area contributed by atoms with Gasteiger partial charge in [-0.05, 0) is 12.0 Å². The zero-order valence-electron chi connectivity index (χ0n) is 10.2. The number of halogens is 3. The number of rotatable bonds is 2. The van der Waals surface area contributed by atoms with Crippen LogP contribution in [0.25, 0.3) is 0 Å². The van der Waals surface area contributed by atoms with E-state index in [0.29, 0.717) is 12.2 Å². The van der Waals surface area contributed by atoms with Gasteiger partial charge >= 0.3 is 5.51 Å². The second-order valence-electron chi connectivity index (χ2n) is 4.43. The molecule has 0 radical (unpaired) electrons. The van der Waals surface area contributed by atoms with Gasteiger partial charge in [-0.3, -0.25) is 0 Å². The van der Waals surface area contributed by atoms with E-state index in [1.165, 1.54) is 4.68 Å². The summed E-state index contributed by atoms with van der Waals surface area (Å²) in [6, 6.07) is 9.23. The van der Waals surface area contributed by atoms with Crippen LogP contribution in [-0.2, 0) is 17.2 Å². The molecule has 0 fully saturated rings. The third kappa shape index (κ3) is 2.24. The van der Waals surface area contributed by atoms with Crippen molar-refractivity contribution in [1.82, 2.24) is 14.8 Å². The smallest absolute Gasteiger partial charge is 0.242 e. The highest BCUT2D eigenvalue weighted by Gasteiger charge is 2.42. The van der Waals surface area contributed by atoms with Crippen LogP contribution in [0.3, 0.4) is 0 Å². The van der Waals surface area contributed by atoms with Crippen molar-refractivity contribution in [3.63, 3.8) is 0 Å². The molecule has 1 aliphatic heterocycles. The van der Waals surface area contributed by atoms with Gasteiger partial charge in [0.2, 0.25) is 5.16 Å². The number of hydrogen-bond donors (Lipinski definition) is 0. The summed E-state index contributed by atoms with van der Waals surface area (Å²) in [5.41, 5.74) is -3.87. The van der Waals surface area contributed by atoms with Gasteiger partial charge in [-0.25, -0.2) is 13.9 Å². The van der Waals surface area contributed by atoms with Crippen molar-refractivity contribution < 1.29 is 17.4 Å². The highest BCUT2D eigenvalue weighted by atomic mass is 32.2. The Hall–Kier alpha value is -1.70. The van der Waals surface area contributed by atoms with Crippen molar-refractivity contribution >= 4 is 10.8 Å². The molecule has 0 amide bonds. The largest absolute Gasteiger partial charge is 0.479 e. The predicted molar refractivity (Wildman–Crippen MR) is 65.4 cm³/mol. The van der Waals surface area contributed by atoms with Crippen LogP contribution in [0.15, 0.2) is 35.5 Å². The second-order valence-corrected chi connectivity index (χ2v) is 5.80. The molecule has 8 heteroatoms. The van der Waals surface area contributed by atoms with Crippen LogP contribution in [0.1, 0.15) is 23.9 Å². The fourth-order valence-corrected chi connectivity index (χ4v) is 2.86. The van der Waals surface area contributed by atoms with Crippen LogP contribution in [0, 0.1) is 0 Å². The van der Waals surface area contributed by atoms with Gasteiger partial charge in [0.1, 0.15) is 5.82 Å². The first-order valence-corrected chi connectivity index (χ1v) is 7.11. The summed E-state index contributed by atoms with van der Waals surface area (Å²) in [5.74, 6) is 0.450. The van der Waals surface area contributed by atoms with Gasteiger partial charge in [-0.2, -0.15) is 13.2 Å². The molecule has 2 aromatic rings. The first kappa shape index (κ1) is 13.3. The summed E-state index contributed by atoms with van der Waals surface area (Å²) in [6.45, 7) is 0. The maximum absolute atomic E-state index is 12.4. The molecule has 2 unspecified atom stereocenters. The molecular weight excluding hydrogens is 291 g/mol. The van der Waals surface area contributed by atoms with Crippen molar-refractivity contribution in [2.45, 2.75) is 29.5 Å². The zero-order chi connectivity index (χ0) is 14.3. The minimum atomic E-state index is -4.83. The van der Waals surface area contributed by atoms with Crippen LogP contribution in [0.2, 0.25) is 0 Å². The van der Waals surface area contributed by atoms with Crippen LogP contribution in [-0.4, -0.2) is 24.5 Å². The van der Waals surface area contributed by atoms with Crippen LogP contribution >= 0.6 is 0 Å². The van der Waals surface area contributed by atoms with Gasteiger partial charge in [-0.15, -0.1) is 5.10 Å². The third-order valence-corrected chi connectivity index (χ3v) is 4.10. The Balaban J connectivity index is 1.95. The highest BCUT2D eigenvalue weighted by Crippen LogP contribution is 2.32. The fraction of sp³-hybridized carbons (Fsp3) is 0.333. The lowest BCUT2D eigenvalue weighted by Gasteiger charge is -2.11. The SMILES string of the molecule is O=S(c1nc2n(n1)C(c1ccccc1)CC2)C(F)(F)F. The van der Waals surface area contributed by atoms with Gasteiger partial charge in [0, 0.05) is 6.42 Å². The van der Waals surface area contributed by atoms with E-state index in [1.54, 1.807) is 0 Å². The van der Waals surface area contributed by atoms with Crippen molar-refractivity contribution in [2.75, 3.05) is 0 Å². The quantitative estimate of drug-likeness (QED) is 0.856. The van der Waals surface area contributed by atoms with E-state index < -0.39 is 21.5 Å². The van der Waals surface area contributed by atoms with Gasteiger partial charge in [0.05, 0.1) is 6.04 Å². The molecule has 0 bridgehead atoms. The predicted octanol–water partition coefficient (Wildman–Crippen LogP) is 2.44. The van der Waals surface area contributed by atoms with Crippen molar-refractivity contribution in [3.8, 4) is 0 Å². The van der Waals surface area contributed by atoms with Gasteiger partial charge < -0.3 is 0 Å². The topological polar surface area (TPSA) is 47.8 Å². The van der Waals surface area contributed by atoms with Crippen LogP contribution in [0.4, 0.5) is 13.2 Å². The number of aryl methyl sites for hydroxylation is 1. The molecule has 4 nitrogen and oxygen atoms in total. The van der Waals surface area contributed by atoms with E-state index in [-0.39, 0.29) is 6.04 Å². The van der Waals surface area contributed by atoms with E-state index in [2.05, 4.69) is 10.1 Å². The summed E-state index contributed by atoms with van der Waals surface area (Å²) in [6.07, 6.45) is 1.26. The van der Waals surface area contributed by atoms with Gasteiger partial charge in [0.15, 0.2) is 10.8 Å². The summed E-state index contributed by atoms with van der Waals surface area (Å²) in [7, 11) is -3.17. The normalized spacial score (nSPS) is 19.9. The molecule has 0 aliphatic carbocycles. The monoisotopic (exact) mass is 301 g/mol. The van der Waals surface area contributed by atoms with E-state index in [4.69, 9.17) is 0 Å². The van der Waals surface area contributed by atoms with E-state index in [1.807, 2.05) is 30.3 Å². The molecule has 106 valence electrons. The standard InChI is InChI=1S/C12H10F3N3OS/c13-12(14,15)20(19)11-16-10-7-6-9(18(10)17-11)8-4-2-1-3-5-8/h1-5,9H,6-7H2. The van der Waals surface area contributed by atoms with Crippen LogP contribution in [0.5, 0.6) is 0 Å². The molecule has 0 saturated carbocycles. The molecule has 20 heavy (non-hydrogen) atoms. The number of nitrogens with zero attached hydrogens (tertiary/aromatic N) is 3. The molecule has 0 saturated heterocycles. The third-order valence-electron chi connectivity index (χ3n) is 3.18. The number of aromatic nitrogens is 3. The Morgan fingerprint density at radius 1 is 1.25 bits per heavy atom. The number of hydrogen-bond acceptors (Lipinski definition) is 3. The van der Waals surface area contributed by atoms with Crippen molar-refractivity contribution in [2.24, 2.45) is 0 Å². The molecule has 1 aliphatic rings. The second kappa shape index (κ2) is 4.69. The lowest BCUT2D eigenvalue weighted by atomic mass is 10.1. The molecule has 0 spiro atoms. The molecule has 2 heterocycles. The fourth-order valence-electron chi connectivity index (χ4n) is 2.31. The lowest BCUT2D eigenvalue weighted by molar-refractivity contribution is -0.0388. The van der Waals surface area contributed by atoms with E-state index >= 15 is 0 Å². The zero-order valence-corrected chi connectivity index (χ0v) is 11.0. The average molecular weight is 301 g/mol. The molecular formula is C12H10F3N3OS. The highest BCUT2D eigenvalue weighted by molar-refractivity contribution is 7.85. The lowest BCUT2D eigenvalue weighted by Crippen LogP contribution is -2.18. The van der Waals surface area contributed by atoms with Gasteiger partial charge in [0.25, 0.3) is 0 Å². The molecule has 1 aromatic carbocycles. The number of fused-ring (bicyclic) bond motifs is 1. The van der Waals surface area contributed by atoms with Crippen molar-refractivity contribution in [3.05, 3.63) is 41.7 Å². The Bertz CT molecular complexity index is 654. The maximum atomic E-state index is 12.4. The summed E-state index contributed by atoms with van der Waals surface area (Å²) < 4.78 is 50.0. The van der Waals surface area contributed by atoms with Crippen LogP contribution < -0.4 is 0 Å². The average Bonchev–Trinajstić information content (AvgIpc) is 2.97. The molecule has 1 aromatic heterocycles. The Labute approximate surface area is 115 Å². The number of benzene rings is 1. The number of alkyl halides is 3. The first-order valence-electron chi connectivity index (χ1n) is 5.96. The van der Waals surface area contributed by atoms with E-state index in [0.717, 1.165) is 12.0 Å². The summed E-state index contributed by atoms with van der Waals surface area (Å²) >= 11 is 0. The molecule has 0 N–H and O–H groups in total. The van der Waals surface area contributed by atoms with Crippen molar-refractivity contribution in [1.29, 1.82) is 0 Å². The Morgan fingerprint density at radius 3 is 2.60 bits per heavy atom. The molecule has 3 rings (SSSR count). The minimum Gasteiger partial charge on any atom is -0.242 e. The van der Waals surface area contributed by atoms with Gasteiger partial charge in [-0.1, -0.05) is 30.3 Å². The first-order chi connectivity index (χ1) is 9.47. The Kier molecular flexibility index (Phi) is 3.12. The maximum Gasteiger partial charge on any atom is 0.479 e. The summed E-state index contributed by atoms with van der Waals surface area (Å²) in [5, 5.41) is 3.14. The minimum absolute atomic E-state index is 0.141. The summed E-state index contributed by atoms with van der Waals surface area (Å²) in [4.78, 5) is 3.76. The molecule has 2 atom stereocenters. The Morgan fingerprint density at radius 2 is 1.95 bits per heavy atom. The van der Waals surface area contributed by atoms with E-state index in [9.17, 15) is 17.4 Å².